The monoisotopic (exact) mass is 397 g/mol. The number of nitrogens with one attached hydrogen (secondary N) is 1. The van der Waals surface area contributed by atoms with Crippen LogP contribution in [0.2, 0.25) is 0 Å². The maximum atomic E-state index is 12.6. The normalized spacial score (nSPS) is 17.8. The van der Waals surface area contributed by atoms with E-state index in [1.165, 1.54) is 9.47 Å². The number of aromatic nitrogens is 3. The van der Waals surface area contributed by atoms with Crippen LogP contribution in [0.3, 0.4) is 0 Å². The van der Waals surface area contributed by atoms with Gasteiger partial charge in [0.25, 0.3) is 5.56 Å². The van der Waals surface area contributed by atoms with Crippen LogP contribution in [0.25, 0.3) is 0 Å². The summed E-state index contributed by atoms with van der Waals surface area (Å²) in [6.07, 6.45) is 1.62. The summed E-state index contributed by atoms with van der Waals surface area (Å²) in [7, 11) is 1.61. The minimum Gasteiger partial charge on any atom is -0.377 e. The van der Waals surface area contributed by atoms with Crippen LogP contribution in [0.4, 0.5) is 10.5 Å². The quantitative estimate of drug-likeness (QED) is 0.822. The van der Waals surface area contributed by atoms with Crippen LogP contribution in [0.15, 0.2) is 26.1 Å². The molecule has 1 aliphatic rings. The van der Waals surface area contributed by atoms with Crippen molar-refractivity contribution in [2.75, 3.05) is 25.1 Å². The molecule has 128 valence electrons. The number of aryl methyl sites for hydroxylation is 2. The molecule has 0 aliphatic carbocycles. The van der Waals surface area contributed by atoms with Gasteiger partial charge in [-0.1, -0.05) is 5.16 Å². The van der Waals surface area contributed by atoms with Crippen LogP contribution in [0.5, 0.6) is 0 Å². The van der Waals surface area contributed by atoms with E-state index in [-0.39, 0.29) is 17.9 Å². The van der Waals surface area contributed by atoms with Gasteiger partial charge in [0, 0.05) is 31.2 Å². The second-order valence-electron chi connectivity index (χ2n) is 5.37. The number of urea groups is 1. The number of nitrogens with zero attached hydrogens (tertiary/aromatic N) is 4. The van der Waals surface area contributed by atoms with Crippen LogP contribution >= 0.6 is 15.9 Å². The topological polar surface area (TPSA) is 102 Å². The number of rotatable bonds is 2. The number of halogens is 1. The molecule has 2 aromatic rings. The first kappa shape index (κ1) is 16.7. The molecule has 0 aromatic carbocycles. The summed E-state index contributed by atoms with van der Waals surface area (Å²) in [6, 6.07) is 0.682. The number of hydrogen-bond donors (Lipinski definition) is 1. The van der Waals surface area contributed by atoms with Crippen LogP contribution in [-0.4, -0.2) is 45.4 Å². The summed E-state index contributed by atoms with van der Waals surface area (Å²) in [4.78, 5) is 30.5. The zero-order valence-corrected chi connectivity index (χ0v) is 14.7. The molecular formula is C14H16BrN5O4. The average molecular weight is 398 g/mol. The Morgan fingerprint density at radius 3 is 3.00 bits per heavy atom. The molecule has 24 heavy (non-hydrogen) atoms. The predicted molar refractivity (Wildman–Crippen MR) is 87.7 cm³/mol. The van der Waals surface area contributed by atoms with Gasteiger partial charge in [-0.2, -0.15) is 4.98 Å². The number of carbonyl (C=O) groups is 1. The SMILES string of the molecule is Cc1nc(C2COCCN2C(=O)Nc2cc(Br)cn(C)c2=O)no1. The second-order valence-corrected chi connectivity index (χ2v) is 6.29. The zero-order valence-electron chi connectivity index (χ0n) is 13.2. The van der Waals surface area contributed by atoms with Gasteiger partial charge >= 0.3 is 6.03 Å². The van der Waals surface area contributed by atoms with Gasteiger partial charge in [0.15, 0.2) is 5.82 Å². The average Bonchev–Trinajstić information content (AvgIpc) is 2.98. The molecule has 2 aromatic heterocycles. The van der Waals surface area contributed by atoms with E-state index in [1.807, 2.05) is 0 Å². The Bertz CT molecular complexity index is 818. The van der Waals surface area contributed by atoms with Gasteiger partial charge in [0.1, 0.15) is 11.7 Å². The molecule has 1 N–H and O–H groups in total. The van der Waals surface area contributed by atoms with Gasteiger partial charge in [-0.15, -0.1) is 0 Å². The second kappa shape index (κ2) is 6.73. The van der Waals surface area contributed by atoms with Crippen LogP contribution in [0, 0.1) is 6.92 Å². The maximum Gasteiger partial charge on any atom is 0.322 e. The Kier molecular flexibility index (Phi) is 4.67. The minimum absolute atomic E-state index is 0.186. The molecule has 1 unspecified atom stereocenters. The van der Waals surface area contributed by atoms with E-state index in [1.54, 1.807) is 26.2 Å². The molecule has 0 radical (unpaired) electrons. The highest BCUT2D eigenvalue weighted by Crippen LogP contribution is 2.23. The van der Waals surface area contributed by atoms with Crippen molar-refractivity contribution in [3.05, 3.63) is 38.8 Å². The van der Waals surface area contributed by atoms with Crippen molar-refractivity contribution >= 4 is 27.6 Å². The third-order valence-electron chi connectivity index (χ3n) is 3.62. The van der Waals surface area contributed by atoms with E-state index >= 15 is 0 Å². The van der Waals surface area contributed by atoms with E-state index in [4.69, 9.17) is 9.26 Å². The van der Waals surface area contributed by atoms with Crippen LogP contribution in [0.1, 0.15) is 17.8 Å². The maximum absolute atomic E-state index is 12.6. The van der Waals surface area contributed by atoms with Gasteiger partial charge in [-0.25, -0.2) is 4.79 Å². The Hall–Kier alpha value is -2.20. The number of morpholine rings is 1. The molecule has 1 atom stereocenters. The van der Waals surface area contributed by atoms with Crippen molar-refractivity contribution in [2.24, 2.45) is 7.05 Å². The third-order valence-corrected chi connectivity index (χ3v) is 4.06. The Morgan fingerprint density at radius 2 is 2.29 bits per heavy atom. The lowest BCUT2D eigenvalue weighted by Crippen LogP contribution is -2.46. The highest BCUT2D eigenvalue weighted by atomic mass is 79.9. The van der Waals surface area contributed by atoms with Crippen molar-refractivity contribution < 1.29 is 14.1 Å². The standard InChI is InChI=1S/C14H16BrN5O4/c1-8-16-12(18-24-8)11-7-23-4-3-20(11)14(22)17-10-5-9(15)6-19(2)13(10)21/h5-6,11H,3-4,7H2,1-2H3,(H,17,22). The van der Waals surface area contributed by atoms with Crippen molar-refractivity contribution in [1.29, 1.82) is 0 Å². The summed E-state index contributed by atoms with van der Waals surface area (Å²) < 4.78 is 12.5. The fraction of sp³-hybridized carbons (Fsp3) is 0.429. The van der Waals surface area contributed by atoms with E-state index in [0.717, 1.165) is 0 Å². The number of ether oxygens (including phenoxy) is 1. The Labute approximate surface area is 145 Å². The van der Waals surface area contributed by atoms with Crippen molar-refractivity contribution in [3.8, 4) is 0 Å². The Morgan fingerprint density at radius 1 is 1.50 bits per heavy atom. The minimum atomic E-state index is -0.466. The molecule has 1 aliphatic heterocycles. The van der Waals surface area contributed by atoms with E-state index < -0.39 is 12.1 Å². The summed E-state index contributed by atoms with van der Waals surface area (Å²) in [5.74, 6) is 0.793. The molecule has 9 nitrogen and oxygen atoms in total. The third kappa shape index (κ3) is 3.34. The highest BCUT2D eigenvalue weighted by molar-refractivity contribution is 9.10. The van der Waals surface area contributed by atoms with Crippen LogP contribution < -0.4 is 10.9 Å². The fourth-order valence-electron chi connectivity index (χ4n) is 2.46. The summed E-state index contributed by atoms with van der Waals surface area (Å²) in [5.41, 5.74) is -0.113. The van der Waals surface area contributed by atoms with Gasteiger partial charge in [-0.3, -0.25) is 4.79 Å². The van der Waals surface area contributed by atoms with Crippen molar-refractivity contribution in [1.82, 2.24) is 19.6 Å². The lowest BCUT2D eigenvalue weighted by atomic mass is 10.2. The molecule has 2 amide bonds. The summed E-state index contributed by atoms with van der Waals surface area (Å²) in [6.45, 7) is 2.70. The molecule has 10 heteroatoms. The van der Waals surface area contributed by atoms with Gasteiger partial charge in [0.2, 0.25) is 5.89 Å². The zero-order chi connectivity index (χ0) is 17.3. The van der Waals surface area contributed by atoms with Gasteiger partial charge < -0.3 is 24.0 Å². The molecule has 0 bridgehead atoms. The van der Waals surface area contributed by atoms with Crippen molar-refractivity contribution in [3.63, 3.8) is 0 Å². The summed E-state index contributed by atoms with van der Waals surface area (Å²) >= 11 is 3.31. The first-order valence-electron chi connectivity index (χ1n) is 7.27. The largest absolute Gasteiger partial charge is 0.377 e. The first-order chi connectivity index (χ1) is 11.5. The lowest BCUT2D eigenvalue weighted by Gasteiger charge is -2.33. The molecule has 3 heterocycles. The van der Waals surface area contributed by atoms with Gasteiger partial charge in [-0.05, 0) is 22.0 Å². The number of anilines is 1. The van der Waals surface area contributed by atoms with E-state index in [2.05, 4.69) is 31.4 Å². The fourth-order valence-corrected chi connectivity index (χ4v) is 2.99. The van der Waals surface area contributed by atoms with Gasteiger partial charge in [0.05, 0.1) is 13.2 Å². The van der Waals surface area contributed by atoms with E-state index in [9.17, 15) is 9.59 Å². The van der Waals surface area contributed by atoms with Crippen LogP contribution in [-0.2, 0) is 11.8 Å². The first-order valence-corrected chi connectivity index (χ1v) is 8.07. The number of hydrogen-bond acceptors (Lipinski definition) is 6. The lowest BCUT2D eigenvalue weighted by molar-refractivity contribution is 0.0110. The smallest absolute Gasteiger partial charge is 0.322 e. The molecular weight excluding hydrogens is 382 g/mol. The Balaban J connectivity index is 1.84. The van der Waals surface area contributed by atoms with Crippen molar-refractivity contribution in [2.45, 2.75) is 13.0 Å². The molecule has 0 spiro atoms. The number of carbonyl (C=O) groups excluding carboxylic acids is 1. The summed E-state index contributed by atoms with van der Waals surface area (Å²) in [5, 5.41) is 6.51. The predicted octanol–water partition coefficient (Wildman–Crippen LogP) is 1.44. The number of amides is 2. The molecule has 0 saturated carbocycles. The van der Waals surface area contributed by atoms with E-state index in [0.29, 0.717) is 29.3 Å². The molecule has 3 rings (SSSR count). The molecule has 1 fully saturated rings. The molecule has 1 saturated heterocycles. The highest BCUT2D eigenvalue weighted by Gasteiger charge is 2.32. The number of pyridine rings is 1.